The Hall–Kier alpha value is -1.46. The molecule has 0 bridgehead atoms. The van der Waals surface area contributed by atoms with Crippen molar-refractivity contribution in [3.8, 4) is 0 Å². The van der Waals surface area contributed by atoms with Gasteiger partial charge in [-0.3, -0.25) is 4.99 Å². The lowest BCUT2D eigenvalue weighted by molar-refractivity contribution is 0.213. The van der Waals surface area contributed by atoms with Crippen molar-refractivity contribution in [2.75, 3.05) is 51.7 Å². The van der Waals surface area contributed by atoms with Crippen LogP contribution in [0.25, 0.3) is 0 Å². The van der Waals surface area contributed by atoms with Crippen LogP contribution in [0.4, 0.5) is 5.69 Å². The quantitative estimate of drug-likeness (QED) is 0.611. The number of nitrogens with one attached hydrogen (secondary N) is 2. The molecule has 0 saturated carbocycles. The smallest absolute Gasteiger partial charge is 0.191 e. The maximum absolute atomic E-state index is 6.12. The second-order valence-electron chi connectivity index (χ2n) is 7.59. The first-order valence-electron chi connectivity index (χ1n) is 9.80. The Morgan fingerprint density at radius 2 is 2.04 bits per heavy atom. The molecule has 0 radical (unpaired) electrons. The van der Waals surface area contributed by atoms with Crippen molar-refractivity contribution in [2.24, 2.45) is 10.9 Å². The summed E-state index contributed by atoms with van der Waals surface area (Å²) in [7, 11) is 4.07. The predicted molar refractivity (Wildman–Crippen MR) is 111 cm³/mol. The molecule has 3 rings (SSSR count). The molecule has 2 aliphatic rings. The van der Waals surface area contributed by atoms with E-state index in [1.54, 1.807) is 0 Å². The van der Waals surface area contributed by atoms with Crippen molar-refractivity contribution < 1.29 is 0 Å². The Morgan fingerprint density at radius 3 is 2.77 bits per heavy atom. The number of aliphatic imine (C=N–C) groups is 1. The van der Waals surface area contributed by atoms with Crippen molar-refractivity contribution >= 4 is 23.2 Å². The summed E-state index contributed by atoms with van der Waals surface area (Å²) in [4.78, 5) is 9.22. The zero-order chi connectivity index (χ0) is 18.4. The van der Waals surface area contributed by atoms with Crippen LogP contribution >= 0.6 is 11.6 Å². The molecule has 2 heterocycles. The van der Waals surface area contributed by atoms with E-state index >= 15 is 0 Å². The first-order valence-corrected chi connectivity index (χ1v) is 10.2. The average molecular weight is 378 g/mol. The predicted octanol–water partition coefficient (Wildman–Crippen LogP) is 2.82. The van der Waals surface area contributed by atoms with Crippen LogP contribution in [-0.4, -0.2) is 63.7 Å². The number of rotatable bonds is 5. The SMILES string of the molecule is CN=C(NCCC1CCN(C)CC1)NC1CCN(c2cccc(Cl)c2)C1. The third kappa shape index (κ3) is 5.52. The van der Waals surface area contributed by atoms with Crippen LogP contribution in [0.1, 0.15) is 25.7 Å². The van der Waals surface area contributed by atoms with Crippen LogP contribution in [0.5, 0.6) is 0 Å². The molecule has 0 amide bonds. The van der Waals surface area contributed by atoms with Crippen molar-refractivity contribution in [3.63, 3.8) is 0 Å². The molecule has 2 N–H and O–H groups in total. The van der Waals surface area contributed by atoms with Crippen LogP contribution in [0.3, 0.4) is 0 Å². The second kappa shape index (κ2) is 9.47. The number of hydrogen-bond acceptors (Lipinski definition) is 3. The molecule has 2 aliphatic heterocycles. The van der Waals surface area contributed by atoms with Gasteiger partial charge in [-0.2, -0.15) is 0 Å². The Bertz CT molecular complexity index is 598. The van der Waals surface area contributed by atoms with Gasteiger partial charge in [0.2, 0.25) is 0 Å². The van der Waals surface area contributed by atoms with E-state index in [2.05, 4.69) is 38.5 Å². The van der Waals surface area contributed by atoms with E-state index in [-0.39, 0.29) is 0 Å². The molecule has 1 atom stereocenters. The van der Waals surface area contributed by atoms with Crippen molar-refractivity contribution in [2.45, 2.75) is 31.7 Å². The Balaban J connectivity index is 1.40. The molecule has 2 saturated heterocycles. The van der Waals surface area contributed by atoms with Crippen LogP contribution in [-0.2, 0) is 0 Å². The summed E-state index contributed by atoms with van der Waals surface area (Å²) in [6, 6.07) is 8.53. The molecule has 1 aromatic carbocycles. The number of hydrogen-bond donors (Lipinski definition) is 2. The topological polar surface area (TPSA) is 42.9 Å². The van der Waals surface area contributed by atoms with E-state index in [9.17, 15) is 0 Å². The number of halogens is 1. The van der Waals surface area contributed by atoms with Gasteiger partial charge in [0.15, 0.2) is 5.96 Å². The van der Waals surface area contributed by atoms with Gasteiger partial charge < -0.3 is 20.4 Å². The van der Waals surface area contributed by atoms with Crippen molar-refractivity contribution in [1.29, 1.82) is 0 Å². The van der Waals surface area contributed by atoms with Crippen LogP contribution in [0, 0.1) is 5.92 Å². The number of likely N-dealkylation sites (tertiary alicyclic amines) is 1. The van der Waals surface area contributed by atoms with Crippen molar-refractivity contribution in [1.82, 2.24) is 15.5 Å². The van der Waals surface area contributed by atoms with E-state index in [4.69, 9.17) is 11.6 Å². The van der Waals surface area contributed by atoms with Gasteiger partial charge in [0.05, 0.1) is 0 Å². The normalized spacial score (nSPS) is 22.7. The monoisotopic (exact) mass is 377 g/mol. The minimum Gasteiger partial charge on any atom is -0.369 e. The summed E-state index contributed by atoms with van der Waals surface area (Å²) in [5.74, 6) is 1.78. The summed E-state index contributed by atoms with van der Waals surface area (Å²) in [5.41, 5.74) is 1.20. The molecular weight excluding hydrogens is 346 g/mol. The fourth-order valence-corrected chi connectivity index (χ4v) is 4.10. The molecule has 0 aliphatic carbocycles. The lowest BCUT2D eigenvalue weighted by Crippen LogP contribution is -2.45. The molecule has 26 heavy (non-hydrogen) atoms. The standard InChI is InChI=1S/C20H32ClN5/c1-22-20(23-10-6-16-7-11-25(2)12-8-16)24-18-9-13-26(15-18)19-5-3-4-17(21)14-19/h3-5,14,16,18H,6-13,15H2,1-2H3,(H2,22,23,24). The third-order valence-corrected chi connectivity index (χ3v) is 5.84. The number of piperidine rings is 1. The summed E-state index contributed by atoms with van der Waals surface area (Å²) >= 11 is 6.12. The third-order valence-electron chi connectivity index (χ3n) is 5.61. The zero-order valence-electron chi connectivity index (χ0n) is 16.0. The number of anilines is 1. The maximum Gasteiger partial charge on any atom is 0.191 e. The fourth-order valence-electron chi connectivity index (χ4n) is 3.92. The molecule has 6 heteroatoms. The second-order valence-corrected chi connectivity index (χ2v) is 8.03. The maximum atomic E-state index is 6.12. The Labute approximate surface area is 162 Å². The lowest BCUT2D eigenvalue weighted by atomic mass is 9.94. The number of nitrogens with zero attached hydrogens (tertiary/aromatic N) is 3. The zero-order valence-corrected chi connectivity index (χ0v) is 16.8. The van der Waals surface area contributed by atoms with E-state index in [0.717, 1.165) is 43.0 Å². The van der Waals surface area contributed by atoms with Gasteiger partial charge in [0.1, 0.15) is 0 Å². The fraction of sp³-hybridized carbons (Fsp3) is 0.650. The molecule has 1 unspecified atom stereocenters. The highest BCUT2D eigenvalue weighted by atomic mass is 35.5. The minimum absolute atomic E-state index is 0.420. The van der Waals surface area contributed by atoms with E-state index in [1.807, 2.05) is 25.2 Å². The summed E-state index contributed by atoms with van der Waals surface area (Å²) in [6.45, 7) is 5.50. The van der Waals surface area contributed by atoms with Gasteiger partial charge in [0, 0.05) is 43.4 Å². The molecule has 5 nitrogen and oxygen atoms in total. The van der Waals surface area contributed by atoms with Crippen LogP contribution < -0.4 is 15.5 Å². The van der Waals surface area contributed by atoms with Gasteiger partial charge in [0.25, 0.3) is 0 Å². The van der Waals surface area contributed by atoms with Crippen LogP contribution in [0.15, 0.2) is 29.3 Å². The largest absolute Gasteiger partial charge is 0.369 e. The summed E-state index contributed by atoms with van der Waals surface area (Å²) in [6.07, 6.45) is 4.98. The van der Waals surface area contributed by atoms with Gasteiger partial charge in [-0.1, -0.05) is 17.7 Å². The molecule has 2 fully saturated rings. The summed E-state index contributed by atoms with van der Waals surface area (Å²) in [5, 5.41) is 7.88. The minimum atomic E-state index is 0.420. The van der Waals surface area contributed by atoms with E-state index in [0.29, 0.717) is 6.04 Å². The van der Waals surface area contributed by atoms with Gasteiger partial charge in [-0.15, -0.1) is 0 Å². The first-order chi connectivity index (χ1) is 12.6. The molecular formula is C20H32ClN5. The van der Waals surface area contributed by atoms with Gasteiger partial charge >= 0.3 is 0 Å². The Morgan fingerprint density at radius 1 is 1.23 bits per heavy atom. The molecule has 144 valence electrons. The Kier molecular flexibility index (Phi) is 7.03. The van der Waals surface area contributed by atoms with Gasteiger partial charge in [-0.05, 0) is 69.9 Å². The molecule has 0 aromatic heterocycles. The summed E-state index contributed by atoms with van der Waals surface area (Å²) < 4.78 is 0. The van der Waals surface area contributed by atoms with E-state index < -0.39 is 0 Å². The molecule has 0 spiro atoms. The number of benzene rings is 1. The highest BCUT2D eigenvalue weighted by Crippen LogP contribution is 2.23. The highest BCUT2D eigenvalue weighted by molar-refractivity contribution is 6.30. The van der Waals surface area contributed by atoms with Crippen molar-refractivity contribution in [3.05, 3.63) is 29.3 Å². The average Bonchev–Trinajstić information content (AvgIpc) is 3.11. The highest BCUT2D eigenvalue weighted by Gasteiger charge is 2.23. The lowest BCUT2D eigenvalue weighted by Gasteiger charge is -2.29. The van der Waals surface area contributed by atoms with Gasteiger partial charge in [-0.25, -0.2) is 0 Å². The molecule has 1 aromatic rings. The van der Waals surface area contributed by atoms with Crippen LogP contribution in [0.2, 0.25) is 5.02 Å². The van der Waals surface area contributed by atoms with E-state index in [1.165, 1.54) is 38.0 Å². The first kappa shape index (κ1) is 19.3. The number of guanidine groups is 1.